The van der Waals surface area contributed by atoms with E-state index in [1.54, 1.807) is 31.2 Å². The van der Waals surface area contributed by atoms with Gasteiger partial charge in [-0.2, -0.15) is 0 Å². The summed E-state index contributed by atoms with van der Waals surface area (Å²) < 4.78 is 10.3. The van der Waals surface area contributed by atoms with Crippen LogP contribution in [0.3, 0.4) is 0 Å². The Morgan fingerprint density at radius 2 is 1.80 bits per heavy atom. The lowest BCUT2D eigenvalue weighted by Crippen LogP contribution is -2.44. The first-order valence-electron chi connectivity index (χ1n) is 9.70. The van der Waals surface area contributed by atoms with Crippen LogP contribution < -0.4 is 10.1 Å². The number of amides is 1. The molecule has 156 valence electrons. The molecule has 0 fully saturated rings. The lowest BCUT2D eigenvalue weighted by Gasteiger charge is -2.16. The summed E-state index contributed by atoms with van der Waals surface area (Å²) in [4.78, 5) is 39.4. The molecule has 2 N–H and O–H groups in total. The van der Waals surface area contributed by atoms with Crippen molar-refractivity contribution < 1.29 is 23.9 Å². The van der Waals surface area contributed by atoms with Crippen molar-refractivity contribution in [2.24, 2.45) is 0 Å². The number of hydrogen-bond donors (Lipinski definition) is 2. The molecule has 3 aromatic rings. The van der Waals surface area contributed by atoms with E-state index in [2.05, 4.69) is 10.3 Å². The number of esters is 1. The third-order valence-corrected chi connectivity index (χ3v) is 4.79. The van der Waals surface area contributed by atoms with Gasteiger partial charge in [0.2, 0.25) is 0 Å². The molecule has 0 bridgehead atoms. The summed E-state index contributed by atoms with van der Waals surface area (Å²) in [7, 11) is 1.28. The molecule has 0 aliphatic carbocycles. The molecule has 0 aliphatic heterocycles. The van der Waals surface area contributed by atoms with E-state index < -0.39 is 17.9 Å². The van der Waals surface area contributed by atoms with Crippen LogP contribution in [0.5, 0.6) is 5.75 Å². The quantitative estimate of drug-likeness (QED) is 0.419. The number of carbonyl (C=O) groups is 3. The van der Waals surface area contributed by atoms with E-state index in [-0.39, 0.29) is 18.8 Å². The summed E-state index contributed by atoms with van der Waals surface area (Å²) in [5.74, 6) is -0.475. The molecule has 1 heterocycles. The summed E-state index contributed by atoms with van der Waals surface area (Å²) in [5, 5.41) is 3.66. The van der Waals surface area contributed by atoms with Gasteiger partial charge >= 0.3 is 5.97 Å². The van der Waals surface area contributed by atoms with Crippen molar-refractivity contribution in [1.29, 1.82) is 0 Å². The zero-order chi connectivity index (χ0) is 21.5. The number of rotatable bonds is 9. The number of ether oxygens (including phenoxy) is 2. The average molecular weight is 408 g/mol. The number of ketones is 1. The van der Waals surface area contributed by atoms with Crippen LogP contribution in [0.15, 0.2) is 54.7 Å². The third kappa shape index (κ3) is 5.05. The van der Waals surface area contributed by atoms with Gasteiger partial charge in [-0.05, 0) is 35.9 Å². The molecule has 7 heteroatoms. The summed E-state index contributed by atoms with van der Waals surface area (Å²) in [6.07, 6.45) is 2.53. The van der Waals surface area contributed by atoms with Crippen LogP contribution in [0, 0.1) is 0 Å². The molecule has 0 unspecified atom stereocenters. The first kappa shape index (κ1) is 21.1. The van der Waals surface area contributed by atoms with E-state index in [1.807, 2.05) is 30.5 Å². The van der Waals surface area contributed by atoms with E-state index in [1.165, 1.54) is 7.11 Å². The Bertz CT molecular complexity index is 1040. The van der Waals surface area contributed by atoms with Gasteiger partial charge in [-0.25, -0.2) is 4.79 Å². The Balaban J connectivity index is 1.61. The SMILES string of the molecule is CCC(=O)c1ccc(OCC(=O)N[C@H](Cc2c[nH]c3ccccc23)C(=O)OC)cc1. The standard InChI is InChI=1S/C23H24N2O5/c1-3-21(26)15-8-10-17(11-9-15)30-14-22(27)25-20(23(28)29-2)12-16-13-24-19-7-5-4-6-18(16)19/h4-11,13,20,24H,3,12,14H2,1-2H3,(H,25,27)/t20-/m1/s1. The maximum Gasteiger partial charge on any atom is 0.328 e. The van der Waals surface area contributed by atoms with E-state index in [9.17, 15) is 14.4 Å². The van der Waals surface area contributed by atoms with Gasteiger partial charge < -0.3 is 19.8 Å². The number of aromatic nitrogens is 1. The Morgan fingerprint density at radius 3 is 2.50 bits per heavy atom. The highest BCUT2D eigenvalue weighted by molar-refractivity contribution is 5.96. The molecular formula is C23H24N2O5. The van der Waals surface area contributed by atoms with Crippen molar-refractivity contribution in [2.45, 2.75) is 25.8 Å². The molecule has 0 saturated heterocycles. The molecule has 0 spiro atoms. The lowest BCUT2D eigenvalue weighted by molar-refractivity contribution is -0.145. The predicted molar refractivity (Wildman–Crippen MR) is 113 cm³/mol. The molecular weight excluding hydrogens is 384 g/mol. The number of hydrogen-bond acceptors (Lipinski definition) is 5. The fourth-order valence-corrected chi connectivity index (χ4v) is 3.18. The summed E-state index contributed by atoms with van der Waals surface area (Å²) in [6, 6.07) is 13.5. The minimum absolute atomic E-state index is 0.0393. The number of Topliss-reactive ketones (excluding diaryl/α,β-unsaturated/α-hetero) is 1. The Kier molecular flexibility index (Phi) is 6.85. The summed E-state index contributed by atoms with van der Waals surface area (Å²) in [6.45, 7) is 1.54. The summed E-state index contributed by atoms with van der Waals surface area (Å²) in [5.41, 5.74) is 2.45. The molecule has 0 aliphatic rings. The van der Waals surface area contributed by atoms with Crippen LogP contribution in [0.2, 0.25) is 0 Å². The van der Waals surface area contributed by atoms with Gasteiger partial charge in [0.05, 0.1) is 7.11 Å². The second-order valence-electron chi connectivity index (χ2n) is 6.80. The predicted octanol–water partition coefficient (Wildman–Crippen LogP) is 3.04. The minimum Gasteiger partial charge on any atom is -0.484 e. The second-order valence-corrected chi connectivity index (χ2v) is 6.80. The molecule has 3 rings (SSSR count). The minimum atomic E-state index is -0.838. The van der Waals surface area contributed by atoms with E-state index >= 15 is 0 Å². The number of methoxy groups -OCH3 is 1. The maximum absolute atomic E-state index is 12.4. The molecule has 0 saturated carbocycles. The van der Waals surface area contributed by atoms with Crippen LogP contribution >= 0.6 is 0 Å². The number of aromatic amines is 1. The Labute approximate surface area is 174 Å². The zero-order valence-electron chi connectivity index (χ0n) is 16.9. The molecule has 7 nitrogen and oxygen atoms in total. The molecule has 1 amide bonds. The number of carbonyl (C=O) groups excluding carboxylic acids is 3. The van der Waals surface area contributed by atoms with Crippen LogP contribution in [0.4, 0.5) is 0 Å². The highest BCUT2D eigenvalue weighted by Crippen LogP contribution is 2.19. The highest BCUT2D eigenvalue weighted by Gasteiger charge is 2.23. The number of fused-ring (bicyclic) bond motifs is 1. The van der Waals surface area contributed by atoms with Crippen molar-refractivity contribution in [2.75, 3.05) is 13.7 Å². The van der Waals surface area contributed by atoms with Gasteiger partial charge in [0, 0.05) is 35.5 Å². The molecule has 1 aromatic heterocycles. The number of H-pyrrole nitrogens is 1. The normalized spacial score (nSPS) is 11.7. The zero-order valence-corrected chi connectivity index (χ0v) is 16.9. The van der Waals surface area contributed by atoms with Crippen molar-refractivity contribution in [1.82, 2.24) is 10.3 Å². The van der Waals surface area contributed by atoms with E-state index in [0.29, 0.717) is 17.7 Å². The van der Waals surface area contributed by atoms with Crippen LogP contribution in [0.1, 0.15) is 29.3 Å². The third-order valence-electron chi connectivity index (χ3n) is 4.79. The molecule has 0 radical (unpaired) electrons. The van der Waals surface area contributed by atoms with Crippen LogP contribution in [-0.2, 0) is 20.7 Å². The lowest BCUT2D eigenvalue weighted by atomic mass is 10.0. The van der Waals surface area contributed by atoms with Gasteiger partial charge in [-0.3, -0.25) is 9.59 Å². The molecule has 2 aromatic carbocycles. The van der Waals surface area contributed by atoms with Gasteiger partial charge in [0.25, 0.3) is 5.91 Å². The van der Waals surface area contributed by atoms with Crippen molar-refractivity contribution >= 4 is 28.6 Å². The largest absolute Gasteiger partial charge is 0.484 e. The smallest absolute Gasteiger partial charge is 0.328 e. The first-order valence-corrected chi connectivity index (χ1v) is 9.70. The maximum atomic E-state index is 12.4. The average Bonchev–Trinajstić information content (AvgIpc) is 3.19. The van der Waals surface area contributed by atoms with Gasteiger partial charge in [-0.15, -0.1) is 0 Å². The molecule has 1 atom stereocenters. The van der Waals surface area contributed by atoms with Crippen molar-refractivity contribution in [3.05, 3.63) is 65.9 Å². The fourth-order valence-electron chi connectivity index (χ4n) is 3.18. The van der Waals surface area contributed by atoms with E-state index in [0.717, 1.165) is 16.5 Å². The Hall–Kier alpha value is -3.61. The number of nitrogens with one attached hydrogen (secondary N) is 2. The highest BCUT2D eigenvalue weighted by atomic mass is 16.5. The fraction of sp³-hybridized carbons (Fsp3) is 0.261. The monoisotopic (exact) mass is 408 g/mol. The van der Waals surface area contributed by atoms with Crippen molar-refractivity contribution in [3.63, 3.8) is 0 Å². The van der Waals surface area contributed by atoms with Crippen LogP contribution in [-0.4, -0.2) is 42.4 Å². The first-order chi connectivity index (χ1) is 14.5. The number of para-hydroxylation sites is 1. The second kappa shape index (κ2) is 9.73. The van der Waals surface area contributed by atoms with Gasteiger partial charge in [0.15, 0.2) is 12.4 Å². The van der Waals surface area contributed by atoms with Gasteiger partial charge in [0.1, 0.15) is 11.8 Å². The van der Waals surface area contributed by atoms with Crippen LogP contribution in [0.25, 0.3) is 10.9 Å². The Morgan fingerprint density at radius 1 is 1.07 bits per heavy atom. The molecule has 30 heavy (non-hydrogen) atoms. The number of benzene rings is 2. The topological polar surface area (TPSA) is 97.5 Å². The van der Waals surface area contributed by atoms with E-state index in [4.69, 9.17) is 9.47 Å². The summed E-state index contributed by atoms with van der Waals surface area (Å²) >= 11 is 0. The van der Waals surface area contributed by atoms with Gasteiger partial charge in [-0.1, -0.05) is 25.1 Å². The van der Waals surface area contributed by atoms with Crippen molar-refractivity contribution in [3.8, 4) is 5.75 Å².